The lowest BCUT2D eigenvalue weighted by atomic mass is 10.1. The van der Waals surface area contributed by atoms with Crippen molar-refractivity contribution < 1.29 is 4.79 Å². The third-order valence-corrected chi connectivity index (χ3v) is 3.79. The molecule has 0 radical (unpaired) electrons. The van der Waals surface area contributed by atoms with E-state index >= 15 is 0 Å². The zero-order valence-electron chi connectivity index (χ0n) is 11.5. The number of nitrogens with one attached hydrogen (secondary N) is 1. The summed E-state index contributed by atoms with van der Waals surface area (Å²) in [6.07, 6.45) is 4.10. The molecule has 1 aromatic heterocycles. The molecule has 0 spiro atoms. The minimum absolute atomic E-state index is 0.209. The first-order chi connectivity index (χ1) is 9.84. The van der Waals surface area contributed by atoms with Crippen molar-refractivity contribution in [2.24, 2.45) is 0 Å². The highest BCUT2D eigenvalue weighted by atomic mass is 16.2. The van der Waals surface area contributed by atoms with Gasteiger partial charge in [-0.2, -0.15) is 0 Å². The second-order valence-electron chi connectivity index (χ2n) is 5.18. The fourth-order valence-electron chi connectivity index (χ4n) is 2.69. The van der Waals surface area contributed by atoms with Crippen molar-refractivity contribution in [1.82, 2.24) is 15.2 Å². The van der Waals surface area contributed by atoms with Crippen LogP contribution in [0.3, 0.4) is 0 Å². The second kappa shape index (κ2) is 6.01. The predicted molar refractivity (Wildman–Crippen MR) is 79.3 cm³/mol. The number of amides is 1. The van der Waals surface area contributed by atoms with Crippen LogP contribution in [0.5, 0.6) is 0 Å². The minimum Gasteiger partial charge on any atom is -0.342 e. The molecule has 2 aromatic rings. The molecule has 1 amide bonds. The molecular formula is C16H19N3O. The third kappa shape index (κ3) is 2.80. The number of rotatable bonds is 4. The molecule has 0 aliphatic carbocycles. The first-order valence-electron chi connectivity index (χ1n) is 7.16. The topological polar surface area (TPSA) is 45.2 Å². The largest absolute Gasteiger partial charge is 0.342 e. The van der Waals surface area contributed by atoms with E-state index < -0.39 is 0 Å². The molecule has 1 aliphatic heterocycles. The summed E-state index contributed by atoms with van der Waals surface area (Å²) in [7, 11) is 0. The number of carbonyl (C=O) groups is 1. The standard InChI is InChI=1S/C16H19N3O/c20-16(19-9-3-4-10-19)12-17-11-13-7-8-18-15-6-2-1-5-14(13)15/h1-2,5-8,17H,3-4,9-12H2. The number of hydrogen-bond acceptors (Lipinski definition) is 3. The second-order valence-corrected chi connectivity index (χ2v) is 5.18. The van der Waals surface area contributed by atoms with E-state index in [9.17, 15) is 4.79 Å². The Kier molecular flexibility index (Phi) is 3.92. The van der Waals surface area contributed by atoms with Crippen LogP contribution >= 0.6 is 0 Å². The SMILES string of the molecule is O=C(CNCc1ccnc2ccccc12)N1CCCC1. The Hall–Kier alpha value is -1.94. The molecule has 2 heterocycles. The average Bonchev–Trinajstić information content (AvgIpc) is 3.02. The molecule has 1 fully saturated rings. The van der Waals surface area contributed by atoms with Gasteiger partial charge >= 0.3 is 0 Å². The molecule has 1 saturated heterocycles. The van der Waals surface area contributed by atoms with Gasteiger partial charge < -0.3 is 10.2 Å². The quantitative estimate of drug-likeness (QED) is 0.922. The Labute approximate surface area is 118 Å². The smallest absolute Gasteiger partial charge is 0.236 e. The maximum atomic E-state index is 12.0. The monoisotopic (exact) mass is 269 g/mol. The summed E-state index contributed by atoms with van der Waals surface area (Å²) in [6, 6.07) is 10.1. The molecule has 1 aromatic carbocycles. The Morgan fingerprint density at radius 1 is 1.20 bits per heavy atom. The summed E-state index contributed by atoms with van der Waals surface area (Å²) >= 11 is 0. The first kappa shape index (κ1) is 13.1. The van der Waals surface area contributed by atoms with Gasteiger partial charge in [-0.1, -0.05) is 18.2 Å². The highest BCUT2D eigenvalue weighted by Crippen LogP contribution is 2.15. The number of carbonyl (C=O) groups excluding carboxylic acids is 1. The molecule has 104 valence electrons. The zero-order valence-corrected chi connectivity index (χ0v) is 11.5. The van der Waals surface area contributed by atoms with Crippen molar-refractivity contribution in [3.05, 3.63) is 42.1 Å². The van der Waals surface area contributed by atoms with Crippen molar-refractivity contribution >= 4 is 16.8 Å². The zero-order chi connectivity index (χ0) is 13.8. The van der Waals surface area contributed by atoms with Crippen molar-refractivity contribution in [2.45, 2.75) is 19.4 Å². The summed E-state index contributed by atoms with van der Waals surface area (Å²) in [6.45, 7) is 2.94. The van der Waals surface area contributed by atoms with E-state index in [-0.39, 0.29) is 5.91 Å². The lowest BCUT2D eigenvalue weighted by Gasteiger charge is -2.15. The van der Waals surface area contributed by atoms with Gasteiger partial charge in [-0.25, -0.2) is 0 Å². The van der Waals surface area contributed by atoms with Crippen molar-refractivity contribution in [3.63, 3.8) is 0 Å². The Morgan fingerprint density at radius 2 is 2.00 bits per heavy atom. The number of fused-ring (bicyclic) bond motifs is 1. The summed E-state index contributed by atoms with van der Waals surface area (Å²) in [5.41, 5.74) is 2.18. The minimum atomic E-state index is 0.209. The van der Waals surface area contributed by atoms with Gasteiger partial charge in [0.05, 0.1) is 12.1 Å². The number of nitrogens with zero attached hydrogens (tertiary/aromatic N) is 2. The predicted octanol–water partition coefficient (Wildman–Crippen LogP) is 1.95. The molecule has 1 aliphatic rings. The van der Waals surface area contributed by atoms with Crippen LogP contribution in [0.15, 0.2) is 36.5 Å². The van der Waals surface area contributed by atoms with Gasteiger partial charge in [0, 0.05) is 31.2 Å². The fourth-order valence-corrected chi connectivity index (χ4v) is 2.69. The van der Waals surface area contributed by atoms with Gasteiger partial charge in [0.2, 0.25) is 5.91 Å². The summed E-state index contributed by atoms with van der Waals surface area (Å²) in [4.78, 5) is 18.2. The lowest BCUT2D eigenvalue weighted by molar-refractivity contribution is -0.129. The number of para-hydroxylation sites is 1. The molecule has 0 atom stereocenters. The van der Waals surface area contributed by atoms with E-state index in [1.54, 1.807) is 0 Å². The Bertz CT molecular complexity index is 600. The Morgan fingerprint density at radius 3 is 2.85 bits per heavy atom. The van der Waals surface area contributed by atoms with Crippen molar-refractivity contribution in [1.29, 1.82) is 0 Å². The molecular weight excluding hydrogens is 250 g/mol. The fraction of sp³-hybridized carbons (Fsp3) is 0.375. The van der Waals surface area contributed by atoms with Crippen LogP contribution in [0.25, 0.3) is 10.9 Å². The third-order valence-electron chi connectivity index (χ3n) is 3.79. The van der Waals surface area contributed by atoms with Gasteiger partial charge in [-0.3, -0.25) is 9.78 Å². The van der Waals surface area contributed by atoms with Crippen molar-refractivity contribution in [3.8, 4) is 0 Å². The van der Waals surface area contributed by atoms with Crippen LogP contribution in [0.1, 0.15) is 18.4 Å². The number of likely N-dealkylation sites (tertiary alicyclic amines) is 1. The number of pyridine rings is 1. The molecule has 20 heavy (non-hydrogen) atoms. The van der Waals surface area contributed by atoms with Crippen LogP contribution in [-0.4, -0.2) is 35.4 Å². The van der Waals surface area contributed by atoms with E-state index in [0.29, 0.717) is 13.1 Å². The maximum absolute atomic E-state index is 12.0. The molecule has 0 saturated carbocycles. The summed E-state index contributed by atoms with van der Waals surface area (Å²) in [5, 5.41) is 4.40. The van der Waals surface area contributed by atoms with E-state index in [1.807, 2.05) is 35.4 Å². The maximum Gasteiger partial charge on any atom is 0.236 e. The number of aromatic nitrogens is 1. The van der Waals surface area contributed by atoms with Crippen LogP contribution in [-0.2, 0) is 11.3 Å². The molecule has 0 unspecified atom stereocenters. The first-order valence-corrected chi connectivity index (χ1v) is 7.16. The highest BCUT2D eigenvalue weighted by molar-refractivity contribution is 5.82. The van der Waals surface area contributed by atoms with Gasteiger partial charge in [-0.05, 0) is 30.5 Å². The number of hydrogen-bond donors (Lipinski definition) is 1. The van der Waals surface area contributed by atoms with E-state index in [1.165, 1.54) is 5.56 Å². The molecule has 4 nitrogen and oxygen atoms in total. The molecule has 4 heteroatoms. The van der Waals surface area contributed by atoms with Crippen LogP contribution in [0.4, 0.5) is 0 Å². The van der Waals surface area contributed by atoms with Gasteiger partial charge in [-0.15, -0.1) is 0 Å². The van der Waals surface area contributed by atoms with Crippen LogP contribution < -0.4 is 5.32 Å². The van der Waals surface area contributed by atoms with Gasteiger partial charge in [0.25, 0.3) is 0 Å². The van der Waals surface area contributed by atoms with E-state index in [4.69, 9.17) is 0 Å². The van der Waals surface area contributed by atoms with Gasteiger partial charge in [0.1, 0.15) is 0 Å². The van der Waals surface area contributed by atoms with Crippen molar-refractivity contribution in [2.75, 3.05) is 19.6 Å². The highest BCUT2D eigenvalue weighted by Gasteiger charge is 2.16. The van der Waals surface area contributed by atoms with Crippen LogP contribution in [0, 0.1) is 0 Å². The van der Waals surface area contributed by atoms with Crippen LogP contribution in [0.2, 0.25) is 0 Å². The summed E-state index contributed by atoms with van der Waals surface area (Å²) < 4.78 is 0. The molecule has 3 rings (SSSR count). The summed E-state index contributed by atoms with van der Waals surface area (Å²) in [5.74, 6) is 0.209. The molecule has 1 N–H and O–H groups in total. The number of benzene rings is 1. The van der Waals surface area contributed by atoms with E-state index in [0.717, 1.165) is 36.8 Å². The lowest BCUT2D eigenvalue weighted by Crippen LogP contribution is -2.36. The Balaban J connectivity index is 1.61. The average molecular weight is 269 g/mol. The van der Waals surface area contributed by atoms with Gasteiger partial charge in [0.15, 0.2) is 0 Å². The molecule has 0 bridgehead atoms. The van der Waals surface area contributed by atoms with E-state index in [2.05, 4.69) is 16.4 Å². The normalized spacial score (nSPS) is 14.9.